The number of nitrogens with one attached hydrogen (secondary N) is 2. The highest BCUT2D eigenvalue weighted by molar-refractivity contribution is 5.87. The first-order valence-electron chi connectivity index (χ1n) is 5.46. The van der Waals surface area contributed by atoms with Crippen molar-refractivity contribution >= 4 is 11.6 Å². The molecule has 4 nitrogen and oxygen atoms in total. The van der Waals surface area contributed by atoms with Gasteiger partial charge in [-0.2, -0.15) is 0 Å². The largest absolute Gasteiger partial charge is 0.394 e. The second kappa shape index (κ2) is 4.53. The number of anilines is 1. The van der Waals surface area contributed by atoms with Crippen molar-refractivity contribution in [1.82, 2.24) is 5.32 Å². The summed E-state index contributed by atoms with van der Waals surface area (Å²) in [5.41, 5.74) is 2.19. The van der Waals surface area contributed by atoms with Gasteiger partial charge in [-0.3, -0.25) is 4.79 Å². The Kier molecular flexibility index (Phi) is 3.10. The zero-order valence-electron chi connectivity index (χ0n) is 9.23. The van der Waals surface area contributed by atoms with Gasteiger partial charge in [-0.15, -0.1) is 0 Å². The number of rotatable bonds is 3. The number of carbonyl (C=O) groups excluding carboxylic acids is 1. The highest BCUT2D eigenvalue weighted by Gasteiger charge is 2.26. The van der Waals surface area contributed by atoms with Gasteiger partial charge in [-0.25, -0.2) is 0 Å². The molecule has 1 aliphatic heterocycles. The van der Waals surface area contributed by atoms with E-state index in [4.69, 9.17) is 5.11 Å². The van der Waals surface area contributed by atoms with Crippen molar-refractivity contribution in [3.8, 4) is 0 Å². The van der Waals surface area contributed by atoms with Gasteiger partial charge in [-0.1, -0.05) is 18.2 Å². The molecule has 2 rings (SSSR count). The Morgan fingerprint density at radius 2 is 2.38 bits per heavy atom. The quantitative estimate of drug-likeness (QED) is 0.696. The van der Waals surface area contributed by atoms with Crippen LogP contribution in [0.25, 0.3) is 0 Å². The maximum absolute atomic E-state index is 11.8. The van der Waals surface area contributed by atoms with Crippen LogP contribution >= 0.6 is 0 Å². The molecule has 0 aromatic heterocycles. The molecule has 1 heterocycles. The maximum atomic E-state index is 11.8. The Morgan fingerprint density at radius 1 is 1.62 bits per heavy atom. The van der Waals surface area contributed by atoms with Crippen molar-refractivity contribution < 1.29 is 9.90 Å². The molecule has 1 aromatic carbocycles. The fourth-order valence-electron chi connectivity index (χ4n) is 1.85. The van der Waals surface area contributed by atoms with E-state index in [-0.39, 0.29) is 24.6 Å². The minimum absolute atomic E-state index is 0.0363. The normalized spacial score (nSPS) is 19.8. The first-order valence-corrected chi connectivity index (χ1v) is 5.46. The van der Waals surface area contributed by atoms with Crippen molar-refractivity contribution in [2.24, 2.45) is 0 Å². The van der Waals surface area contributed by atoms with Crippen LogP contribution in [0.3, 0.4) is 0 Å². The second-order valence-electron chi connectivity index (χ2n) is 4.15. The highest BCUT2D eigenvalue weighted by Crippen LogP contribution is 2.24. The van der Waals surface area contributed by atoms with Crippen LogP contribution in [0.4, 0.5) is 5.69 Å². The molecule has 86 valence electrons. The fourth-order valence-corrected chi connectivity index (χ4v) is 1.85. The molecule has 0 radical (unpaired) electrons. The molecule has 3 N–H and O–H groups in total. The minimum Gasteiger partial charge on any atom is -0.394 e. The van der Waals surface area contributed by atoms with Crippen LogP contribution in [0.1, 0.15) is 12.5 Å². The van der Waals surface area contributed by atoms with Gasteiger partial charge in [0.1, 0.15) is 6.04 Å². The van der Waals surface area contributed by atoms with Crippen molar-refractivity contribution in [3.63, 3.8) is 0 Å². The zero-order chi connectivity index (χ0) is 11.5. The number of fused-ring (bicyclic) bond motifs is 1. The van der Waals surface area contributed by atoms with E-state index in [0.29, 0.717) is 6.42 Å². The van der Waals surface area contributed by atoms with E-state index >= 15 is 0 Å². The van der Waals surface area contributed by atoms with Gasteiger partial charge in [0, 0.05) is 18.2 Å². The third kappa shape index (κ3) is 2.17. The highest BCUT2D eigenvalue weighted by atomic mass is 16.3. The number of hydrogen-bond donors (Lipinski definition) is 3. The van der Waals surface area contributed by atoms with E-state index in [9.17, 15) is 4.79 Å². The lowest BCUT2D eigenvalue weighted by Crippen LogP contribution is -2.44. The van der Waals surface area contributed by atoms with Gasteiger partial charge in [0.2, 0.25) is 5.91 Å². The number of amides is 1. The first kappa shape index (κ1) is 11.0. The van der Waals surface area contributed by atoms with E-state index in [1.807, 2.05) is 24.3 Å². The molecule has 16 heavy (non-hydrogen) atoms. The summed E-state index contributed by atoms with van der Waals surface area (Å²) in [5.74, 6) is -0.0576. The van der Waals surface area contributed by atoms with Crippen molar-refractivity contribution in [3.05, 3.63) is 29.8 Å². The summed E-state index contributed by atoms with van der Waals surface area (Å²) in [5, 5.41) is 14.8. The van der Waals surface area contributed by atoms with Crippen molar-refractivity contribution in [1.29, 1.82) is 0 Å². The molecule has 0 spiro atoms. The number of para-hydroxylation sites is 1. The molecule has 1 aliphatic rings. The van der Waals surface area contributed by atoms with E-state index in [0.717, 1.165) is 5.69 Å². The summed E-state index contributed by atoms with van der Waals surface area (Å²) in [4.78, 5) is 11.8. The van der Waals surface area contributed by atoms with E-state index in [2.05, 4.69) is 10.6 Å². The predicted octanol–water partition coefficient (Wildman–Crippen LogP) is 0.520. The maximum Gasteiger partial charge on any atom is 0.243 e. The average Bonchev–Trinajstić information content (AvgIpc) is 2.72. The van der Waals surface area contributed by atoms with Crippen LogP contribution in [-0.2, 0) is 11.2 Å². The second-order valence-corrected chi connectivity index (χ2v) is 4.15. The van der Waals surface area contributed by atoms with Crippen LogP contribution in [-0.4, -0.2) is 29.7 Å². The summed E-state index contributed by atoms with van der Waals surface area (Å²) in [6.07, 6.45) is 0.708. The predicted molar refractivity (Wildman–Crippen MR) is 62.2 cm³/mol. The van der Waals surface area contributed by atoms with Crippen molar-refractivity contribution in [2.75, 3.05) is 11.9 Å². The third-order valence-electron chi connectivity index (χ3n) is 2.75. The molecular weight excluding hydrogens is 204 g/mol. The SMILES string of the molecule is CC(CO)NC(=O)[C@@H]1Cc2ccccc2N1. The molecular formula is C12H16N2O2. The molecule has 0 fully saturated rings. The fraction of sp³-hybridized carbons (Fsp3) is 0.417. The Morgan fingerprint density at radius 3 is 3.06 bits per heavy atom. The molecule has 0 bridgehead atoms. The first-order chi connectivity index (χ1) is 7.70. The topological polar surface area (TPSA) is 61.4 Å². The van der Waals surface area contributed by atoms with E-state index < -0.39 is 0 Å². The van der Waals surface area contributed by atoms with Gasteiger partial charge in [0.05, 0.1) is 6.61 Å². The van der Waals surface area contributed by atoms with Crippen molar-refractivity contribution in [2.45, 2.75) is 25.4 Å². The molecule has 2 atom stereocenters. The molecule has 0 saturated carbocycles. The molecule has 1 amide bonds. The zero-order valence-corrected chi connectivity index (χ0v) is 9.23. The molecule has 0 aliphatic carbocycles. The number of hydrogen-bond acceptors (Lipinski definition) is 3. The third-order valence-corrected chi connectivity index (χ3v) is 2.75. The molecule has 4 heteroatoms. The summed E-state index contributed by atoms with van der Waals surface area (Å²) in [6.45, 7) is 1.74. The van der Waals surface area contributed by atoms with Crippen LogP contribution in [0.15, 0.2) is 24.3 Å². The average molecular weight is 220 g/mol. The Labute approximate surface area is 94.7 Å². The summed E-state index contributed by atoms with van der Waals surface area (Å²) in [7, 11) is 0. The Balaban J connectivity index is 1.98. The van der Waals surface area contributed by atoms with Crippen LogP contribution in [0, 0.1) is 0 Å². The number of aliphatic hydroxyl groups is 1. The van der Waals surface area contributed by atoms with Crippen LogP contribution in [0.5, 0.6) is 0 Å². The standard InChI is InChI=1S/C12H16N2O2/c1-8(7-15)13-12(16)11-6-9-4-2-3-5-10(9)14-11/h2-5,8,11,14-15H,6-7H2,1H3,(H,13,16)/t8?,11-/m0/s1. The van der Waals surface area contributed by atoms with Crippen LogP contribution in [0.2, 0.25) is 0 Å². The lowest BCUT2D eigenvalue weighted by Gasteiger charge is -2.15. The van der Waals surface area contributed by atoms with Gasteiger partial charge in [0.15, 0.2) is 0 Å². The Hall–Kier alpha value is -1.55. The lowest BCUT2D eigenvalue weighted by atomic mass is 10.1. The van der Waals surface area contributed by atoms with Gasteiger partial charge in [0.25, 0.3) is 0 Å². The minimum atomic E-state index is -0.216. The Bertz CT molecular complexity index is 367. The number of aliphatic hydroxyl groups excluding tert-OH is 1. The lowest BCUT2D eigenvalue weighted by molar-refractivity contribution is -0.122. The summed E-state index contributed by atoms with van der Waals surface area (Å²) < 4.78 is 0. The smallest absolute Gasteiger partial charge is 0.243 e. The summed E-state index contributed by atoms with van der Waals surface area (Å²) in [6, 6.07) is 7.49. The number of benzene rings is 1. The molecule has 1 unspecified atom stereocenters. The van der Waals surface area contributed by atoms with Gasteiger partial charge >= 0.3 is 0 Å². The van der Waals surface area contributed by atoms with Gasteiger partial charge < -0.3 is 15.7 Å². The summed E-state index contributed by atoms with van der Waals surface area (Å²) >= 11 is 0. The van der Waals surface area contributed by atoms with Gasteiger partial charge in [-0.05, 0) is 18.6 Å². The van der Waals surface area contributed by atoms with E-state index in [1.165, 1.54) is 5.56 Å². The molecule has 1 aromatic rings. The number of carbonyl (C=O) groups is 1. The van der Waals surface area contributed by atoms with Crippen LogP contribution < -0.4 is 10.6 Å². The molecule has 0 saturated heterocycles. The monoisotopic (exact) mass is 220 g/mol. The van der Waals surface area contributed by atoms with E-state index in [1.54, 1.807) is 6.92 Å².